The van der Waals surface area contributed by atoms with Crippen molar-refractivity contribution < 1.29 is 9.53 Å². The molecule has 1 aliphatic heterocycles. The maximum atomic E-state index is 12.4. The predicted molar refractivity (Wildman–Crippen MR) is 135 cm³/mol. The number of hydrogen-bond acceptors (Lipinski definition) is 5. The zero-order valence-corrected chi connectivity index (χ0v) is 20.2. The molecule has 0 aliphatic carbocycles. The fourth-order valence-corrected chi connectivity index (χ4v) is 4.20. The summed E-state index contributed by atoms with van der Waals surface area (Å²) in [5, 5.41) is 3.03. The van der Waals surface area contributed by atoms with Crippen molar-refractivity contribution in [2.24, 2.45) is 7.05 Å². The van der Waals surface area contributed by atoms with Crippen LogP contribution in [0.4, 0.5) is 5.69 Å². The van der Waals surface area contributed by atoms with E-state index in [9.17, 15) is 4.79 Å². The van der Waals surface area contributed by atoms with Crippen molar-refractivity contribution in [3.63, 3.8) is 0 Å². The van der Waals surface area contributed by atoms with Crippen LogP contribution in [0.2, 0.25) is 0 Å². The lowest BCUT2D eigenvalue weighted by Gasteiger charge is -2.36. The third kappa shape index (κ3) is 6.60. The molecule has 180 valence electrons. The van der Waals surface area contributed by atoms with Gasteiger partial charge in [0.25, 0.3) is 5.91 Å². The third-order valence-electron chi connectivity index (χ3n) is 6.33. The number of amides is 1. The highest BCUT2D eigenvalue weighted by Gasteiger charge is 2.16. The van der Waals surface area contributed by atoms with Crippen LogP contribution in [0.3, 0.4) is 0 Å². The number of aryl methyl sites for hydroxylation is 2. The molecule has 3 aromatic rings. The number of benzene rings is 2. The quantitative estimate of drug-likeness (QED) is 0.467. The summed E-state index contributed by atoms with van der Waals surface area (Å²) >= 11 is 0. The topological polar surface area (TPSA) is 62.6 Å². The standard InChI is InChI=1S/C27H35N5O2/c1-22-6-5-7-24(20-22)32-18-16-31(17-19-32)14-4-3-12-29-27(33)23-8-10-25(11-9-23)34-21-26-28-13-15-30(26)2/h5-11,13,15,20H,3-4,12,14,16-19,21H2,1-2H3,(H,29,33). The first kappa shape index (κ1) is 23.8. The van der Waals surface area contributed by atoms with Crippen LogP contribution in [0, 0.1) is 6.92 Å². The molecule has 0 saturated carbocycles. The molecule has 7 heteroatoms. The molecule has 0 spiro atoms. The van der Waals surface area contributed by atoms with E-state index in [1.807, 2.05) is 29.9 Å². The second-order valence-electron chi connectivity index (χ2n) is 8.90. The molecule has 7 nitrogen and oxygen atoms in total. The number of ether oxygens (including phenoxy) is 1. The van der Waals surface area contributed by atoms with Crippen LogP contribution in [0.15, 0.2) is 60.9 Å². The van der Waals surface area contributed by atoms with Gasteiger partial charge in [-0.3, -0.25) is 9.69 Å². The lowest BCUT2D eigenvalue weighted by Crippen LogP contribution is -2.46. The third-order valence-corrected chi connectivity index (χ3v) is 6.33. The zero-order chi connectivity index (χ0) is 23.8. The van der Waals surface area contributed by atoms with Gasteiger partial charge in [0.1, 0.15) is 18.2 Å². The molecule has 1 saturated heterocycles. The van der Waals surface area contributed by atoms with E-state index in [-0.39, 0.29) is 5.91 Å². The van der Waals surface area contributed by atoms with Crippen LogP contribution in [0.5, 0.6) is 5.75 Å². The van der Waals surface area contributed by atoms with E-state index in [2.05, 4.69) is 51.3 Å². The monoisotopic (exact) mass is 461 g/mol. The Kier molecular flexibility index (Phi) is 8.20. The summed E-state index contributed by atoms with van der Waals surface area (Å²) in [4.78, 5) is 21.7. The molecule has 4 rings (SSSR count). The average Bonchev–Trinajstić information content (AvgIpc) is 3.27. The summed E-state index contributed by atoms with van der Waals surface area (Å²) in [5.41, 5.74) is 3.29. The minimum absolute atomic E-state index is 0.0394. The van der Waals surface area contributed by atoms with E-state index in [1.54, 1.807) is 18.3 Å². The molecule has 1 aromatic heterocycles. The highest BCUT2D eigenvalue weighted by Crippen LogP contribution is 2.18. The van der Waals surface area contributed by atoms with Crippen molar-refractivity contribution in [2.75, 3.05) is 44.2 Å². The molecule has 0 radical (unpaired) electrons. The number of unbranched alkanes of at least 4 members (excludes halogenated alkanes) is 1. The lowest BCUT2D eigenvalue weighted by molar-refractivity contribution is 0.0952. The number of aromatic nitrogens is 2. The van der Waals surface area contributed by atoms with Gasteiger partial charge in [0.2, 0.25) is 0 Å². The number of nitrogens with zero attached hydrogens (tertiary/aromatic N) is 4. The number of rotatable bonds is 10. The first-order valence-corrected chi connectivity index (χ1v) is 12.1. The summed E-state index contributed by atoms with van der Waals surface area (Å²) in [6, 6.07) is 16.0. The Morgan fingerprint density at radius 2 is 1.85 bits per heavy atom. The van der Waals surface area contributed by atoms with Crippen molar-refractivity contribution >= 4 is 11.6 Å². The largest absolute Gasteiger partial charge is 0.486 e. The van der Waals surface area contributed by atoms with E-state index in [0.717, 1.165) is 57.1 Å². The molecule has 1 aliphatic rings. The zero-order valence-electron chi connectivity index (χ0n) is 20.2. The van der Waals surface area contributed by atoms with Crippen LogP contribution in [-0.2, 0) is 13.7 Å². The maximum Gasteiger partial charge on any atom is 0.251 e. The van der Waals surface area contributed by atoms with E-state index >= 15 is 0 Å². The van der Waals surface area contributed by atoms with Crippen LogP contribution in [0.25, 0.3) is 0 Å². The normalized spacial score (nSPS) is 14.2. The fourth-order valence-electron chi connectivity index (χ4n) is 4.20. The Morgan fingerprint density at radius 3 is 2.56 bits per heavy atom. The number of carbonyl (C=O) groups excluding carboxylic acids is 1. The van der Waals surface area contributed by atoms with Crippen molar-refractivity contribution in [3.8, 4) is 5.75 Å². The van der Waals surface area contributed by atoms with E-state index in [4.69, 9.17) is 4.74 Å². The van der Waals surface area contributed by atoms with Gasteiger partial charge in [0.05, 0.1) is 0 Å². The second-order valence-corrected chi connectivity index (χ2v) is 8.90. The summed E-state index contributed by atoms with van der Waals surface area (Å²) < 4.78 is 7.67. The second kappa shape index (κ2) is 11.7. The molecular weight excluding hydrogens is 426 g/mol. The smallest absolute Gasteiger partial charge is 0.251 e. The Bertz CT molecular complexity index is 1050. The summed E-state index contributed by atoms with van der Waals surface area (Å²) in [6.07, 6.45) is 5.71. The molecular formula is C27H35N5O2. The predicted octanol–water partition coefficient (Wildman–Crippen LogP) is 3.64. The Hall–Kier alpha value is -3.32. The van der Waals surface area contributed by atoms with Gasteiger partial charge in [0, 0.05) is 63.4 Å². The number of anilines is 1. The van der Waals surface area contributed by atoms with Gasteiger partial charge in [-0.05, 0) is 68.3 Å². The van der Waals surface area contributed by atoms with Gasteiger partial charge in [-0.15, -0.1) is 0 Å². The number of piperazine rings is 1. The molecule has 1 N–H and O–H groups in total. The molecule has 34 heavy (non-hydrogen) atoms. The van der Waals surface area contributed by atoms with Crippen LogP contribution >= 0.6 is 0 Å². The van der Waals surface area contributed by atoms with Gasteiger partial charge in [-0.1, -0.05) is 12.1 Å². The number of carbonyl (C=O) groups is 1. The van der Waals surface area contributed by atoms with Gasteiger partial charge in [-0.25, -0.2) is 4.98 Å². The molecule has 0 bridgehead atoms. The highest BCUT2D eigenvalue weighted by atomic mass is 16.5. The van der Waals surface area contributed by atoms with Gasteiger partial charge < -0.3 is 19.5 Å². The Labute approximate surface area is 202 Å². The molecule has 1 fully saturated rings. The average molecular weight is 462 g/mol. The van der Waals surface area contributed by atoms with E-state index in [0.29, 0.717) is 18.7 Å². The maximum absolute atomic E-state index is 12.4. The van der Waals surface area contributed by atoms with Crippen LogP contribution < -0.4 is 15.0 Å². The van der Waals surface area contributed by atoms with Gasteiger partial charge in [-0.2, -0.15) is 0 Å². The summed E-state index contributed by atoms with van der Waals surface area (Å²) in [7, 11) is 1.94. The van der Waals surface area contributed by atoms with Crippen molar-refractivity contribution in [3.05, 3.63) is 77.9 Å². The lowest BCUT2D eigenvalue weighted by atomic mass is 10.2. The van der Waals surface area contributed by atoms with Crippen LogP contribution in [-0.4, -0.2) is 59.6 Å². The van der Waals surface area contributed by atoms with E-state index < -0.39 is 0 Å². The molecule has 0 atom stereocenters. The first-order chi connectivity index (χ1) is 16.6. The van der Waals surface area contributed by atoms with Gasteiger partial charge in [0.15, 0.2) is 0 Å². The minimum atomic E-state index is -0.0394. The molecule has 0 unspecified atom stereocenters. The first-order valence-electron chi connectivity index (χ1n) is 12.1. The van der Waals surface area contributed by atoms with Crippen molar-refractivity contribution in [2.45, 2.75) is 26.4 Å². The summed E-state index contributed by atoms with van der Waals surface area (Å²) in [5.74, 6) is 1.54. The number of hydrogen-bond donors (Lipinski definition) is 1. The molecule has 2 heterocycles. The van der Waals surface area contributed by atoms with Crippen molar-refractivity contribution in [1.82, 2.24) is 19.8 Å². The number of imidazole rings is 1. The van der Waals surface area contributed by atoms with Crippen molar-refractivity contribution in [1.29, 1.82) is 0 Å². The number of nitrogens with one attached hydrogen (secondary N) is 1. The Balaban J connectivity index is 1.10. The Morgan fingerprint density at radius 1 is 1.06 bits per heavy atom. The fraction of sp³-hybridized carbons (Fsp3) is 0.407. The highest BCUT2D eigenvalue weighted by molar-refractivity contribution is 5.94. The van der Waals surface area contributed by atoms with Gasteiger partial charge >= 0.3 is 0 Å². The molecule has 2 aromatic carbocycles. The minimum Gasteiger partial charge on any atom is -0.486 e. The summed E-state index contributed by atoms with van der Waals surface area (Å²) in [6.45, 7) is 8.65. The SMILES string of the molecule is Cc1cccc(N2CCN(CCCCNC(=O)c3ccc(OCc4nccn4C)cc3)CC2)c1. The van der Waals surface area contributed by atoms with Crippen LogP contribution in [0.1, 0.15) is 34.6 Å². The van der Waals surface area contributed by atoms with E-state index in [1.165, 1.54) is 11.3 Å². The molecule has 1 amide bonds.